The van der Waals surface area contributed by atoms with Crippen LogP contribution < -0.4 is 0 Å². The van der Waals surface area contributed by atoms with E-state index in [1.807, 2.05) is 42.6 Å². The second kappa shape index (κ2) is 7.47. The maximum Gasteiger partial charge on any atom is 0.306 e. The molecule has 0 radical (unpaired) electrons. The number of hydrogen-bond donors (Lipinski definition) is 1. The Bertz CT molecular complexity index is 810. The minimum Gasteiger partial charge on any atom is -0.461 e. The van der Waals surface area contributed by atoms with Crippen molar-refractivity contribution in [3.05, 3.63) is 70.3 Å². The molecule has 3 rings (SSSR count). The third kappa shape index (κ3) is 4.02. The summed E-state index contributed by atoms with van der Waals surface area (Å²) < 4.78 is 6.30. The van der Waals surface area contributed by atoms with Gasteiger partial charge in [-0.05, 0) is 30.5 Å². The topological polar surface area (TPSA) is 42.1 Å². The molecule has 0 fully saturated rings. The van der Waals surface area contributed by atoms with E-state index in [2.05, 4.69) is 33.0 Å². The third-order valence-electron chi connectivity index (χ3n) is 3.85. The number of esters is 1. The van der Waals surface area contributed by atoms with E-state index in [1.165, 1.54) is 10.9 Å². The van der Waals surface area contributed by atoms with Crippen molar-refractivity contribution in [2.24, 2.45) is 0 Å². The van der Waals surface area contributed by atoms with Gasteiger partial charge < -0.3 is 9.72 Å². The van der Waals surface area contributed by atoms with Crippen LogP contribution in [0.25, 0.3) is 10.9 Å². The average molecular weight is 372 g/mol. The van der Waals surface area contributed by atoms with Crippen LogP contribution in [0.3, 0.4) is 0 Å². The largest absolute Gasteiger partial charge is 0.461 e. The van der Waals surface area contributed by atoms with Crippen molar-refractivity contribution in [1.29, 1.82) is 0 Å². The number of benzene rings is 2. The van der Waals surface area contributed by atoms with Gasteiger partial charge in [-0.15, -0.1) is 0 Å². The highest BCUT2D eigenvalue weighted by Gasteiger charge is 2.07. The first-order valence-corrected chi connectivity index (χ1v) is 8.47. The minimum absolute atomic E-state index is 0.152. The summed E-state index contributed by atoms with van der Waals surface area (Å²) >= 11 is 3.45. The Hall–Kier alpha value is -2.07. The van der Waals surface area contributed by atoms with E-state index in [9.17, 15) is 4.79 Å². The lowest BCUT2D eigenvalue weighted by Crippen LogP contribution is -2.05. The minimum atomic E-state index is -0.152. The molecule has 3 aromatic rings. The zero-order valence-electron chi connectivity index (χ0n) is 12.7. The van der Waals surface area contributed by atoms with Gasteiger partial charge in [-0.1, -0.05) is 52.3 Å². The lowest BCUT2D eigenvalue weighted by atomic mass is 10.1. The first-order valence-electron chi connectivity index (χ1n) is 7.68. The second-order valence-electron chi connectivity index (χ2n) is 5.47. The molecule has 1 aromatic heterocycles. The van der Waals surface area contributed by atoms with E-state index < -0.39 is 0 Å². The number of aryl methyl sites for hydroxylation is 1. The lowest BCUT2D eigenvalue weighted by Gasteiger charge is -2.06. The van der Waals surface area contributed by atoms with Crippen molar-refractivity contribution < 1.29 is 9.53 Å². The number of aromatic nitrogens is 1. The molecule has 23 heavy (non-hydrogen) atoms. The summed E-state index contributed by atoms with van der Waals surface area (Å²) in [5.41, 5.74) is 3.37. The van der Waals surface area contributed by atoms with Crippen LogP contribution in [0.1, 0.15) is 24.0 Å². The Labute approximate surface area is 143 Å². The van der Waals surface area contributed by atoms with E-state index in [0.717, 1.165) is 28.4 Å². The van der Waals surface area contributed by atoms with E-state index in [1.54, 1.807) is 0 Å². The van der Waals surface area contributed by atoms with E-state index >= 15 is 0 Å². The maximum absolute atomic E-state index is 11.9. The molecule has 0 unspecified atom stereocenters. The van der Waals surface area contributed by atoms with Crippen LogP contribution in [-0.2, 0) is 22.6 Å². The number of hydrogen-bond acceptors (Lipinski definition) is 2. The van der Waals surface area contributed by atoms with Crippen LogP contribution >= 0.6 is 15.9 Å². The first kappa shape index (κ1) is 15.8. The molecule has 118 valence electrons. The first-order chi connectivity index (χ1) is 11.2. The molecule has 0 aliphatic carbocycles. The lowest BCUT2D eigenvalue weighted by molar-refractivity contribution is -0.145. The molecule has 0 bridgehead atoms. The molecule has 0 saturated carbocycles. The number of aromatic amines is 1. The standard InChI is InChI=1S/C19H18BrNO2/c20-17-9-3-1-6-15(17)13-23-19(22)11-5-7-14-12-21-18-10-4-2-8-16(14)18/h1-4,6,8-10,12,21H,5,7,11,13H2. The van der Waals surface area contributed by atoms with Crippen molar-refractivity contribution in [2.75, 3.05) is 0 Å². The monoisotopic (exact) mass is 371 g/mol. The molecular formula is C19H18BrNO2. The van der Waals surface area contributed by atoms with Gasteiger partial charge >= 0.3 is 5.97 Å². The summed E-state index contributed by atoms with van der Waals surface area (Å²) in [6.07, 6.45) is 4.12. The summed E-state index contributed by atoms with van der Waals surface area (Å²) in [7, 11) is 0. The summed E-state index contributed by atoms with van der Waals surface area (Å²) in [6.45, 7) is 0.313. The third-order valence-corrected chi connectivity index (χ3v) is 4.62. The maximum atomic E-state index is 11.9. The fraction of sp³-hybridized carbons (Fsp3) is 0.211. The van der Waals surface area contributed by atoms with Gasteiger partial charge in [0.25, 0.3) is 0 Å². The Kier molecular flexibility index (Phi) is 5.13. The normalized spacial score (nSPS) is 10.8. The molecule has 0 spiro atoms. The summed E-state index contributed by atoms with van der Waals surface area (Å²) in [5, 5.41) is 1.23. The van der Waals surface area contributed by atoms with Crippen molar-refractivity contribution in [1.82, 2.24) is 4.98 Å². The summed E-state index contributed by atoms with van der Waals surface area (Å²) in [6, 6.07) is 16.0. The molecule has 0 amide bonds. The van der Waals surface area contributed by atoms with Crippen LogP contribution in [0.4, 0.5) is 0 Å². The average Bonchev–Trinajstić information content (AvgIpc) is 2.98. The van der Waals surface area contributed by atoms with Crippen LogP contribution in [0.5, 0.6) is 0 Å². The molecule has 0 aliphatic heterocycles. The molecule has 0 atom stereocenters. The zero-order chi connectivity index (χ0) is 16.1. The predicted molar refractivity (Wildman–Crippen MR) is 95.2 cm³/mol. The smallest absolute Gasteiger partial charge is 0.306 e. The van der Waals surface area contributed by atoms with Crippen molar-refractivity contribution in [3.63, 3.8) is 0 Å². The Morgan fingerprint density at radius 2 is 1.83 bits per heavy atom. The summed E-state index contributed by atoms with van der Waals surface area (Å²) in [5.74, 6) is -0.152. The van der Waals surface area contributed by atoms with Gasteiger partial charge in [0.2, 0.25) is 0 Å². The van der Waals surface area contributed by atoms with Gasteiger partial charge in [-0.25, -0.2) is 0 Å². The Balaban J connectivity index is 1.47. The van der Waals surface area contributed by atoms with Gasteiger partial charge in [-0.2, -0.15) is 0 Å². The number of carbonyl (C=O) groups excluding carboxylic acids is 1. The van der Waals surface area contributed by atoms with Crippen molar-refractivity contribution >= 4 is 32.8 Å². The van der Waals surface area contributed by atoms with E-state index in [0.29, 0.717) is 13.0 Å². The molecule has 0 aliphatic rings. The highest BCUT2D eigenvalue weighted by molar-refractivity contribution is 9.10. The van der Waals surface area contributed by atoms with Crippen LogP contribution in [-0.4, -0.2) is 11.0 Å². The second-order valence-corrected chi connectivity index (χ2v) is 6.32. The highest BCUT2D eigenvalue weighted by atomic mass is 79.9. The number of para-hydroxylation sites is 1. The van der Waals surface area contributed by atoms with E-state index in [-0.39, 0.29) is 5.97 Å². The molecule has 4 heteroatoms. The zero-order valence-corrected chi connectivity index (χ0v) is 14.3. The fourth-order valence-electron chi connectivity index (χ4n) is 2.61. The Morgan fingerprint density at radius 1 is 1.04 bits per heavy atom. The number of carbonyl (C=O) groups is 1. The molecule has 0 saturated heterocycles. The molecule has 1 heterocycles. The SMILES string of the molecule is O=C(CCCc1c[nH]c2ccccc12)OCc1ccccc1Br. The predicted octanol–water partition coefficient (Wildman–Crippen LogP) is 5.00. The van der Waals surface area contributed by atoms with Gasteiger partial charge in [0.15, 0.2) is 0 Å². The number of ether oxygens (including phenoxy) is 1. The van der Waals surface area contributed by atoms with Gasteiger partial charge in [-0.3, -0.25) is 4.79 Å². The van der Waals surface area contributed by atoms with E-state index in [4.69, 9.17) is 4.74 Å². The number of H-pyrrole nitrogens is 1. The van der Waals surface area contributed by atoms with Gasteiger partial charge in [0.1, 0.15) is 6.61 Å². The summed E-state index contributed by atoms with van der Waals surface area (Å²) in [4.78, 5) is 15.1. The number of rotatable bonds is 6. The number of fused-ring (bicyclic) bond motifs is 1. The number of nitrogens with one attached hydrogen (secondary N) is 1. The van der Waals surface area contributed by atoms with Crippen LogP contribution in [0.2, 0.25) is 0 Å². The van der Waals surface area contributed by atoms with Crippen molar-refractivity contribution in [3.8, 4) is 0 Å². The van der Waals surface area contributed by atoms with Crippen LogP contribution in [0, 0.1) is 0 Å². The fourth-order valence-corrected chi connectivity index (χ4v) is 3.01. The molecule has 2 aromatic carbocycles. The molecular weight excluding hydrogens is 354 g/mol. The molecule has 1 N–H and O–H groups in total. The highest BCUT2D eigenvalue weighted by Crippen LogP contribution is 2.20. The van der Waals surface area contributed by atoms with Crippen molar-refractivity contribution in [2.45, 2.75) is 25.9 Å². The Morgan fingerprint density at radius 3 is 2.70 bits per heavy atom. The quantitative estimate of drug-likeness (QED) is 0.619. The van der Waals surface area contributed by atoms with Gasteiger partial charge in [0, 0.05) is 33.6 Å². The number of halogens is 1. The van der Waals surface area contributed by atoms with Gasteiger partial charge in [0.05, 0.1) is 0 Å². The molecule has 3 nitrogen and oxygen atoms in total. The van der Waals surface area contributed by atoms with Crippen LogP contribution in [0.15, 0.2) is 59.2 Å².